The van der Waals surface area contributed by atoms with Crippen molar-refractivity contribution >= 4 is 19.8 Å². The summed E-state index contributed by atoms with van der Waals surface area (Å²) < 4.78 is 33.1. The molecular formula is C65H118NO8P. The van der Waals surface area contributed by atoms with Crippen molar-refractivity contribution in [2.24, 2.45) is 5.73 Å². The molecule has 0 aromatic carbocycles. The second-order valence-corrected chi connectivity index (χ2v) is 22.3. The number of phosphoric ester groups is 1. The van der Waals surface area contributed by atoms with Crippen molar-refractivity contribution < 1.29 is 37.6 Å². The number of ether oxygens (including phenoxy) is 2. The van der Waals surface area contributed by atoms with Crippen molar-refractivity contribution in [2.45, 2.75) is 302 Å². The molecule has 0 heterocycles. The number of unbranched alkanes of at least 4 members (excludes halogenated alkanes) is 34. The molecule has 9 nitrogen and oxygen atoms in total. The number of hydrogen-bond donors (Lipinski definition) is 2. The fourth-order valence-corrected chi connectivity index (χ4v) is 9.72. The third-order valence-corrected chi connectivity index (χ3v) is 14.6. The molecule has 0 radical (unpaired) electrons. The van der Waals surface area contributed by atoms with Crippen LogP contribution in [0.1, 0.15) is 296 Å². The first-order chi connectivity index (χ1) is 36.8. The summed E-state index contributed by atoms with van der Waals surface area (Å²) in [5.41, 5.74) is 5.39. The maximum absolute atomic E-state index is 12.7. The van der Waals surface area contributed by atoms with E-state index < -0.39 is 26.5 Å². The van der Waals surface area contributed by atoms with Gasteiger partial charge in [0.05, 0.1) is 13.2 Å². The van der Waals surface area contributed by atoms with Crippen LogP contribution < -0.4 is 5.73 Å². The number of nitrogens with two attached hydrogens (primary N) is 1. The molecule has 0 bridgehead atoms. The van der Waals surface area contributed by atoms with Crippen LogP contribution in [0.15, 0.2) is 72.9 Å². The lowest BCUT2D eigenvalue weighted by Gasteiger charge is -2.19. The van der Waals surface area contributed by atoms with Gasteiger partial charge >= 0.3 is 19.8 Å². The Morgan fingerprint density at radius 1 is 0.413 bits per heavy atom. The van der Waals surface area contributed by atoms with E-state index in [1.807, 2.05) is 0 Å². The van der Waals surface area contributed by atoms with Crippen LogP contribution in [0.3, 0.4) is 0 Å². The van der Waals surface area contributed by atoms with Crippen LogP contribution in [0.4, 0.5) is 0 Å². The molecule has 10 heteroatoms. The van der Waals surface area contributed by atoms with E-state index >= 15 is 0 Å². The van der Waals surface area contributed by atoms with Gasteiger partial charge in [-0.15, -0.1) is 0 Å². The molecule has 2 atom stereocenters. The molecule has 0 saturated carbocycles. The van der Waals surface area contributed by atoms with Crippen LogP contribution in [0.2, 0.25) is 0 Å². The molecule has 0 saturated heterocycles. The van der Waals surface area contributed by atoms with Crippen LogP contribution in [-0.4, -0.2) is 49.3 Å². The minimum atomic E-state index is -4.39. The van der Waals surface area contributed by atoms with Crippen LogP contribution in [0.5, 0.6) is 0 Å². The number of carbonyl (C=O) groups excluding carboxylic acids is 2. The lowest BCUT2D eigenvalue weighted by atomic mass is 10.0. The van der Waals surface area contributed by atoms with Crippen LogP contribution in [0, 0.1) is 0 Å². The van der Waals surface area contributed by atoms with Gasteiger partial charge in [0.15, 0.2) is 6.10 Å². The fourth-order valence-electron chi connectivity index (χ4n) is 8.95. The minimum Gasteiger partial charge on any atom is -0.462 e. The third-order valence-electron chi connectivity index (χ3n) is 13.6. The van der Waals surface area contributed by atoms with Gasteiger partial charge in [0.2, 0.25) is 0 Å². The van der Waals surface area contributed by atoms with Gasteiger partial charge in [-0.3, -0.25) is 18.6 Å². The first kappa shape index (κ1) is 72.5. The normalized spacial score (nSPS) is 13.5. The number of esters is 2. The molecule has 436 valence electrons. The van der Waals surface area contributed by atoms with Crippen LogP contribution in [0.25, 0.3) is 0 Å². The maximum atomic E-state index is 12.7. The average molecular weight is 1070 g/mol. The summed E-state index contributed by atoms with van der Waals surface area (Å²) in [6.07, 6.45) is 78.3. The summed E-state index contributed by atoms with van der Waals surface area (Å²) in [4.78, 5) is 35.2. The van der Waals surface area contributed by atoms with Gasteiger partial charge in [0.25, 0.3) is 0 Å². The molecule has 0 aliphatic carbocycles. The zero-order valence-electron chi connectivity index (χ0n) is 48.8. The van der Waals surface area contributed by atoms with Crippen molar-refractivity contribution in [3.05, 3.63) is 72.9 Å². The molecule has 0 aromatic heterocycles. The lowest BCUT2D eigenvalue weighted by Crippen LogP contribution is -2.29. The number of rotatable bonds is 59. The van der Waals surface area contributed by atoms with Crippen molar-refractivity contribution in [1.29, 1.82) is 0 Å². The summed E-state index contributed by atoms with van der Waals surface area (Å²) in [7, 11) is -4.39. The second kappa shape index (κ2) is 60.7. The van der Waals surface area contributed by atoms with E-state index in [2.05, 4.69) is 86.8 Å². The fraction of sp³-hybridized carbons (Fsp3) is 0.785. The topological polar surface area (TPSA) is 134 Å². The molecule has 2 unspecified atom stereocenters. The van der Waals surface area contributed by atoms with Gasteiger partial charge in [-0.2, -0.15) is 0 Å². The first-order valence-electron chi connectivity index (χ1n) is 31.4. The highest BCUT2D eigenvalue weighted by atomic mass is 31.2. The van der Waals surface area contributed by atoms with Crippen LogP contribution >= 0.6 is 7.82 Å². The third kappa shape index (κ3) is 60.5. The van der Waals surface area contributed by atoms with Gasteiger partial charge in [-0.25, -0.2) is 4.57 Å². The Morgan fingerprint density at radius 2 is 0.733 bits per heavy atom. The van der Waals surface area contributed by atoms with E-state index in [1.165, 1.54) is 193 Å². The molecule has 75 heavy (non-hydrogen) atoms. The van der Waals surface area contributed by atoms with E-state index in [9.17, 15) is 19.0 Å². The Labute approximate surface area is 462 Å². The lowest BCUT2D eigenvalue weighted by molar-refractivity contribution is -0.161. The first-order valence-corrected chi connectivity index (χ1v) is 32.9. The summed E-state index contributed by atoms with van der Waals surface area (Å²) in [6.45, 7) is 3.66. The Bertz CT molecular complexity index is 1460. The predicted octanol–water partition coefficient (Wildman–Crippen LogP) is 20.1. The zero-order valence-corrected chi connectivity index (χ0v) is 49.7. The quantitative estimate of drug-likeness (QED) is 0.0264. The second-order valence-electron chi connectivity index (χ2n) is 20.9. The van der Waals surface area contributed by atoms with E-state index in [1.54, 1.807) is 0 Å². The maximum Gasteiger partial charge on any atom is 0.472 e. The highest BCUT2D eigenvalue weighted by Gasteiger charge is 2.26. The number of hydrogen-bond acceptors (Lipinski definition) is 8. The van der Waals surface area contributed by atoms with Crippen molar-refractivity contribution in [3.63, 3.8) is 0 Å². The summed E-state index contributed by atoms with van der Waals surface area (Å²) >= 11 is 0. The largest absolute Gasteiger partial charge is 0.472 e. The van der Waals surface area contributed by atoms with E-state index in [0.29, 0.717) is 6.42 Å². The van der Waals surface area contributed by atoms with Gasteiger partial charge in [-0.05, 0) is 83.5 Å². The molecule has 0 rings (SSSR count). The van der Waals surface area contributed by atoms with Crippen LogP contribution in [-0.2, 0) is 32.7 Å². The smallest absolute Gasteiger partial charge is 0.462 e. The Balaban J connectivity index is 3.86. The SMILES string of the molecule is CC/C=C\C/C=C\C/C=C\C/C=C\C/C=C\CCCCCCCCCCCCCCCCCCCCCC(=O)OC(COC(=O)CCCCCCCCCCC/C=C\CCCCCCCC)COP(=O)(O)OCCN. The van der Waals surface area contributed by atoms with Crippen molar-refractivity contribution in [3.8, 4) is 0 Å². The molecule has 0 aliphatic rings. The Morgan fingerprint density at radius 3 is 1.11 bits per heavy atom. The molecule has 0 spiro atoms. The van der Waals surface area contributed by atoms with Gasteiger partial charge in [-0.1, -0.05) is 273 Å². The number of carbonyl (C=O) groups is 2. The number of allylic oxidation sites excluding steroid dienone is 12. The van der Waals surface area contributed by atoms with Gasteiger partial charge in [0.1, 0.15) is 6.61 Å². The van der Waals surface area contributed by atoms with E-state index in [0.717, 1.165) is 70.6 Å². The Hall–Kier alpha value is -2.55. The monoisotopic (exact) mass is 1070 g/mol. The summed E-state index contributed by atoms with van der Waals surface area (Å²) in [5, 5.41) is 0. The molecule has 0 aliphatic heterocycles. The minimum absolute atomic E-state index is 0.0530. The Kier molecular flexibility index (Phi) is 58.6. The molecule has 3 N–H and O–H groups in total. The van der Waals surface area contributed by atoms with E-state index in [4.69, 9.17) is 24.3 Å². The predicted molar refractivity (Wildman–Crippen MR) is 321 cm³/mol. The van der Waals surface area contributed by atoms with E-state index in [-0.39, 0.29) is 38.6 Å². The average Bonchev–Trinajstić information content (AvgIpc) is 3.40. The molecular weight excluding hydrogens is 954 g/mol. The zero-order chi connectivity index (χ0) is 54.5. The van der Waals surface area contributed by atoms with Gasteiger partial charge < -0.3 is 20.1 Å². The highest BCUT2D eigenvalue weighted by molar-refractivity contribution is 7.47. The molecule has 0 aromatic rings. The van der Waals surface area contributed by atoms with Crippen molar-refractivity contribution in [2.75, 3.05) is 26.4 Å². The summed E-state index contributed by atoms with van der Waals surface area (Å²) in [6, 6.07) is 0. The molecule has 0 fully saturated rings. The van der Waals surface area contributed by atoms with Gasteiger partial charge in [0, 0.05) is 19.4 Å². The standard InChI is InChI=1S/C65H118NO8P/c1-3-5-7-9-11-13-15-17-19-21-23-24-25-26-27-28-29-30-31-32-33-34-35-36-37-38-40-42-44-46-48-50-52-54-56-58-65(68)74-63(62-73-75(69,70)72-60-59-66)61-71-64(67)57-55-53-51-49-47-45-43-41-39-22-20-18-16-14-12-10-8-6-4-2/h5,7,11,13,17-20,23-24,26-27,63H,3-4,6,8-10,12,14-16,21-22,25,28-62,66H2,1-2H3,(H,69,70)/b7-5-,13-11-,19-17-,20-18-,24-23-,27-26-. The van der Waals surface area contributed by atoms with Crippen molar-refractivity contribution in [1.82, 2.24) is 0 Å². The summed E-state index contributed by atoms with van der Waals surface area (Å²) in [5.74, 6) is -0.819. The number of phosphoric acid groups is 1. The highest BCUT2D eigenvalue weighted by Crippen LogP contribution is 2.43. The molecule has 0 amide bonds.